The van der Waals surface area contributed by atoms with Crippen LogP contribution in [0.4, 0.5) is 5.69 Å². The Morgan fingerprint density at radius 2 is 2.14 bits per heavy atom. The second kappa shape index (κ2) is 5.77. The molecule has 0 aromatic heterocycles. The molecule has 21 heavy (non-hydrogen) atoms. The molecule has 1 aromatic carbocycles. The van der Waals surface area contributed by atoms with E-state index in [2.05, 4.69) is 5.10 Å². The van der Waals surface area contributed by atoms with Crippen LogP contribution in [0, 0.1) is 11.8 Å². The average molecular weight is 286 g/mol. The predicted octanol–water partition coefficient (Wildman–Crippen LogP) is 2.02. The Bertz CT molecular complexity index is 576. The molecule has 3 rings (SSSR count). The van der Waals surface area contributed by atoms with Gasteiger partial charge in [-0.1, -0.05) is 18.2 Å². The summed E-state index contributed by atoms with van der Waals surface area (Å²) < 4.78 is 5.29. The third-order valence-electron chi connectivity index (χ3n) is 3.97. The molecule has 0 aliphatic carbocycles. The zero-order valence-corrected chi connectivity index (χ0v) is 12.0. The third-order valence-corrected chi connectivity index (χ3v) is 3.97. The largest absolute Gasteiger partial charge is 0.381 e. The van der Waals surface area contributed by atoms with Crippen LogP contribution in [0.5, 0.6) is 0 Å². The van der Waals surface area contributed by atoms with Crippen LogP contribution in [-0.2, 0) is 14.3 Å². The number of benzene rings is 1. The summed E-state index contributed by atoms with van der Waals surface area (Å²) in [7, 11) is 0. The van der Waals surface area contributed by atoms with E-state index >= 15 is 0 Å². The van der Waals surface area contributed by atoms with Gasteiger partial charge in [-0.05, 0) is 31.4 Å². The molecule has 2 heterocycles. The van der Waals surface area contributed by atoms with Gasteiger partial charge >= 0.3 is 0 Å². The highest BCUT2D eigenvalue weighted by Gasteiger charge is 2.40. The molecule has 5 heteroatoms. The first-order valence-electron chi connectivity index (χ1n) is 7.21. The fraction of sp³-hybridized carbons (Fsp3) is 0.438. The van der Waals surface area contributed by atoms with Gasteiger partial charge in [0, 0.05) is 19.6 Å². The number of anilines is 1. The van der Waals surface area contributed by atoms with Gasteiger partial charge in [-0.25, -0.2) is 0 Å². The quantitative estimate of drug-likeness (QED) is 0.796. The zero-order chi connectivity index (χ0) is 14.8. The van der Waals surface area contributed by atoms with Crippen LogP contribution in [0.25, 0.3) is 0 Å². The minimum absolute atomic E-state index is 0.0461. The fourth-order valence-electron chi connectivity index (χ4n) is 2.84. The molecule has 1 saturated heterocycles. The molecular weight excluding hydrogens is 268 g/mol. The van der Waals surface area contributed by atoms with Crippen molar-refractivity contribution in [2.75, 3.05) is 18.2 Å². The zero-order valence-electron chi connectivity index (χ0n) is 12.0. The number of carbonyl (C=O) groups excluding carboxylic acids is 2. The standard InChI is InChI=1S/C16H18N2O3/c1-11-15(14(19)9-12-7-8-21-10-12)16(20)18(17-11)13-5-3-2-4-6-13/h2-6,12,15H,7-10H2,1H3. The van der Waals surface area contributed by atoms with Gasteiger partial charge < -0.3 is 4.74 Å². The van der Waals surface area contributed by atoms with Crippen molar-refractivity contribution >= 4 is 23.1 Å². The van der Waals surface area contributed by atoms with Gasteiger partial charge in [-0.2, -0.15) is 10.1 Å². The lowest BCUT2D eigenvalue weighted by Gasteiger charge is -2.14. The van der Waals surface area contributed by atoms with Crippen LogP contribution >= 0.6 is 0 Å². The third kappa shape index (κ3) is 2.74. The highest BCUT2D eigenvalue weighted by molar-refractivity contribution is 6.27. The molecule has 1 amide bonds. The minimum atomic E-state index is -0.731. The highest BCUT2D eigenvalue weighted by Crippen LogP contribution is 2.27. The number of nitrogens with zero attached hydrogens (tertiary/aromatic N) is 2. The van der Waals surface area contributed by atoms with Gasteiger partial charge in [0.05, 0.1) is 11.4 Å². The second-order valence-corrected chi connectivity index (χ2v) is 5.56. The monoisotopic (exact) mass is 286 g/mol. The number of amides is 1. The molecule has 2 aliphatic rings. The van der Waals surface area contributed by atoms with E-state index in [1.165, 1.54) is 5.01 Å². The maximum absolute atomic E-state index is 12.5. The molecule has 2 atom stereocenters. The number of ketones is 1. The summed E-state index contributed by atoms with van der Waals surface area (Å²) in [6.45, 7) is 3.07. The van der Waals surface area contributed by atoms with Gasteiger partial charge in [0.2, 0.25) is 0 Å². The van der Waals surface area contributed by atoms with E-state index in [0.29, 0.717) is 31.0 Å². The average Bonchev–Trinajstić information content (AvgIpc) is 3.08. The van der Waals surface area contributed by atoms with Crippen molar-refractivity contribution in [3.63, 3.8) is 0 Å². The van der Waals surface area contributed by atoms with E-state index in [0.717, 1.165) is 6.42 Å². The number of ether oxygens (including phenoxy) is 1. The second-order valence-electron chi connectivity index (χ2n) is 5.56. The van der Waals surface area contributed by atoms with Gasteiger partial charge in [0.25, 0.3) is 5.91 Å². The minimum Gasteiger partial charge on any atom is -0.381 e. The molecule has 5 nitrogen and oxygen atoms in total. The Balaban J connectivity index is 1.74. The van der Waals surface area contributed by atoms with Crippen molar-refractivity contribution in [1.29, 1.82) is 0 Å². The van der Waals surface area contributed by atoms with E-state index in [4.69, 9.17) is 4.74 Å². The van der Waals surface area contributed by atoms with Crippen molar-refractivity contribution in [3.05, 3.63) is 30.3 Å². The molecule has 110 valence electrons. The van der Waals surface area contributed by atoms with Crippen LogP contribution in [0.1, 0.15) is 19.8 Å². The lowest BCUT2D eigenvalue weighted by Crippen LogP contribution is -2.33. The summed E-state index contributed by atoms with van der Waals surface area (Å²) in [5.74, 6) is -0.785. The molecule has 0 spiro atoms. The lowest BCUT2D eigenvalue weighted by molar-refractivity contribution is -0.129. The summed E-state index contributed by atoms with van der Waals surface area (Å²) in [4.78, 5) is 24.9. The van der Waals surface area contributed by atoms with E-state index in [1.54, 1.807) is 6.92 Å². The molecule has 1 fully saturated rings. The Hall–Kier alpha value is -2.01. The SMILES string of the molecule is CC1=NN(c2ccccc2)C(=O)C1C(=O)CC1CCOC1. The molecule has 0 N–H and O–H groups in total. The van der Waals surface area contributed by atoms with Gasteiger partial charge in [0.15, 0.2) is 5.78 Å². The lowest BCUT2D eigenvalue weighted by atomic mass is 9.91. The highest BCUT2D eigenvalue weighted by atomic mass is 16.5. The smallest absolute Gasteiger partial charge is 0.263 e. The van der Waals surface area contributed by atoms with Crippen LogP contribution in [0.3, 0.4) is 0 Å². The maximum Gasteiger partial charge on any atom is 0.263 e. The van der Waals surface area contributed by atoms with Crippen molar-refractivity contribution in [1.82, 2.24) is 0 Å². The number of rotatable bonds is 4. The van der Waals surface area contributed by atoms with Gasteiger partial charge in [-0.15, -0.1) is 0 Å². The molecule has 2 unspecified atom stereocenters. The Morgan fingerprint density at radius 1 is 1.38 bits per heavy atom. The molecule has 0 bridgehead atoms. The van der Waals surface area contributed by atoms with Crippen molar-refractivity contribution in [2.45, 2.75) is 19.8 Å². The number of para-hydroxylation sites is 1. The molecular formula is C16H18N2O3. The van der Waals surface area contributed by atoms with Crippen LogP contribution in [-0.4, -0.2) is 30.6 Å². The molecule has 0 radical (unpaired) electrons. The normalized spacial score (nSPS) is 25.3. The van der Waals surface area contributed by atoms with Crippen molar-refractivity contribution in [2.24, 2.45) is 16.9 Å². The maximum atomic E-state index is 12.5. The van der Waals surface area contributed by atoms with Gasteiger partial charge in [-0.3, -0.25) is 9.59 Å². The van der Waals surface area contributed by atoms with Crippen molar-refractivity contribution < 1.29 is 14.3 Å². The first kappa shape index (κ1) is 13.9. The number of hydrogen-bond donors (Lipinski definition) is 0. The summed E-state index contributed by atoms with van der Waals surface area (Å²) >= 11 is 0. The summed E-state index contributed by atoms with van der Waals surface area (Å²) in [6, 6.07) is 9.19. The van der Waals surface area contributed by atoms with E-state index in [1.807, 2.05) is 30.3 Å². The predicted molar refractivity (Wildman–Crippen MR) is 79.1 cm³/mol. The molecule has 2 aliphatic heterocycles. The van der Waals surface area contributed by atoms with Crippen molar-refractivity contribution in [3.8, 4) is 0 Å². The van der Waals surface area contributed by atoms with Crippen LogP contribution in [0.2, 0.25) is 0 Å². The van der Waals surface area contributed by atoms with E-state index in [-0.39, 0.29) is 17.6 Å². The van der Waals surface area contributed by atoms with E-state index < -0.39 is 5.92 Å². The summed E-state index contributed by atoms with van der Waals surface area (Å²) in [5, 5.41) is 5.60. The Labute approximate surface area is 123 Å². The fourth-order valence-corrected chi connectivity index (χ4v) is 2.84. The number of carbonyl (C=O) groups is 2. The van der Waals surface area contributed by atoms with Crippen LogP contribution < -0.4 is 5.01 Å². The summed E-state index contributed by atoms with van der Waals surface area (Å²) in [6.07, 6.45) is 1.29. The summed E-state index contributed by atoms with van der Waals surface area (Å²) in [5.41, 5.74) is 1.27. The Kier molecular flexibility index (Phi) is 3.84. The molecule has 1 aromatic rings. The first-order chi connectivity index (χ1) is 10.2. The van der Waals surface area contributed by atoms with Crippen LogP contribution in [0.15, 0.2) is 35.4 Å². The Morgan fingerprint density at radius 3 is 2.81 bits per heavy atom. The van der Waals surface area contributed by atoms with E-state index in [9.17, 15) is 9.59 Å². The number of hydrazone groups is 1. The first-order valence-corrected chi connectivity index (χ1v) is 7.21. The number of hydrogen-bond acceptors (Lipinski definition) is 4. The van der Waals surface area contributed by atoms with Gasteiger partial charge in [0.1, 0.15) is 5.92 Å². The molecule has 0 saturated carbocycles. The number of Topliss-reactive ketones (excluding diaryl/α,β-unsaturated/α-hetero) is 1. The topological polar surface area (TPSA) is 59.0 Å².